The molecule has 0 unspecified atom stereocenters. The molecule has 0 saturated carbocycles. The molecule has 9 heterocycles. The number of fused-ring (bicyclic) bond motifs is 28. The van der Waals surface area contributed by atoms with Crippen molar-refractivity contribution in [3.63, 3.8) is 0 Å². The largest absolute Gasteiger partial charge is 0.492 e. The van der Waals surface area contributed by atoms with E-state index in [1.165, 1.54) is 4.73 Å². The van der Waals surface area contributed by atoms with Crippen molar-refractivity contribution in [3.8, 4) is 91.5 Å². The van der Waals surface area contributed by atoms with E-state index in [2.05, 4.69) is 302 Å². The fourth-order valence-corrected chi connectivity index (χ4v) is 24.9. The van der Waals surface area contributed by atoms with E-state index < -0.39 is 0 Å². The molecule has 0 spiro atoms. The van der Waals surface area contributed by atoms with Crippen LogP contribution in [0, 0.1) is 47.3 Å². The van der Waals surface area contributed by atoms with Crippen molar-refractivity contribution >= 4 is 137 Å². The zero-order chi connectivity index (χ0) is 105. The molecule has 6 aliphatic heterocycles. The van der Waals surface area contributed by atoms with Gasteiger partial charge in [0.25, 0.3) is 0 Å². The van der Waals surface area contributed by atoms with Crippen LogP contribution in [-0.2, 0) is 18.6 Å². The average molecular weight is 2150 g/mol. The van der Waals surface area contributed by atoms with Crippen LogP contribution in [-0.4, -0.2) is 217 Å². The minimum atomic E-state index is 0. The van der Waals surface area contributed by atoms with Gasteiger partial charge < -0.3 is 97.3 Å². The van der Waals surface area contributed by atoms with E-state index in [1.807, 2.05) is 0 Å². The summed E-state index contributed by atoms with van der Waals surface area (Å²) in [5.41, 5.74) is 10.2. The predicted molar refractivity (Wildman–Crippen MR) is 617 cm³/mol. The third-order valence-electron chi connectivity index (χ3n) is 29.3. The molecular weight excluding hydrogens is 1990 g/mol. The van der Waals surface area contributed by atoms with E-state index in [9.17, 15) is 0 Å². The zero-order valence-electron chi connectivity index (χ0n) is 93.4. The number of hydrogen-bond acceptors (Lipinski definition) is 27. The molecule has 17 rings (SSSR count). The van der Waals surface area contributed by atoms with Crippen LogP contribution in [0.1, 0.15) is 218 Å². The Labute approximate surface area is 920 Å². The summed E-state index contributed by atoms with van der Waals surface area (Å²) < 4.78 is 64.4. The first-order chi connectivity index (χ1) is 72.1. The number of para-hydroxylation sites is 4. The Kier molecular flexibility index (Phi) is 38.5. The maximum Gasteiger partial charge on any atom is 0.184 e. The number of anilines is 8. The van der Waals surface area contributed by atoms with Crippen LogP contribution in [0.15, 0.2) is 136 Å². The molecule has 3 aromatic heterocycles. The van der Waals surface area contributed by atoms with E-state index >= 15 is 5.21 Å². The van der Waals surface area contributed by atoms with Crippen LogP contribution in [0.5, 0.6) is 46.0 Å². The summed E-state index contributed by atoms with van der Waals surface area (Å²) in [5, 5.41) is 17.4. The minimum absolute atomic E-state index is 0. The summed E-state index contributed by atoms with van der Waals surface area (Å²) in [6, 6.07) is 34.9. The number of ether oxygens (including phenoxy) is 8. The molecule has 1 radical (unpaired) electrons. The van der Waals surface area contributed by atoms with Crippen molar-refractivity contribution in [2.45, 2.75) is 257 Å². The van der Waals surface area contributed by atoms with E-state index in [0.717, 1.165) is 169 Å². The molecule has 805 valence electrons. The molecule has 0 amide bonds. The van der Waals surface area contributed by atoms with Gasteiger partial charge in [-0.1, -0.05) is 262 Å². The van der Waals surface area contributed by atoms with Crippen LogP contribution in [0.4, 0.5) is 45.5 Å². The number of hydrogen-bond donors (Lipinski definition) is 1. The molecule has 1 N–H and O–H groups in total. The standard InChI is InChI=1S/C120H161N16O9S4.V/c1-25-128(26-2)57-61-132-81-41-33-37-45-85(81)146-109-97(132)101(138-65-49-73(9)10)89-92(105(109)142-69-53-77(17)18)115-121-113(89)122-116-93-91(103(140-67-51-75(13)14)99-110(106(93)143-70-54-78(19)20)147-86-46-38-35-43-83(86)134(99)63-59-130(29-5)30-6)117(125-116)126-120-96-95(104(141-68-52-76(15)16)100-112(108(96)145-72-56-80(23)24)149-88-48-40-36-44-84(88)135(100)64-60-131(31-7)32-8)119(136(120)137)127-118-94-90(114(123-115)124-118)102(139-66-50-74(11)12)98-111(107(94)144-71-55-79(21)22)148-87-47-39-34-42-82(87)133(98)62-58-129(27-3)28-4;/h33-48,73-80,137H,25-32,49-72H2,1-24H3;/q-1;. The Morgan fingerprint density at radius 2 is 0.487 bits per heavy atom. The van der Waals surface area contributed by atoms with Crippen LogP contribution in [0.2, 0.25) is 0 Å². The van der Waals surface area contributed by atoms with Crippen LogP contribution >= 0.6 is 47.0 Å². The molecule has 0 atom stereocenters. The van der Waals surface area contributed by atoms with E-state index in [4.69, 9.17) is 72.8 Å². The molecule has 8 aromatic carbocycles. The predicted octanol–water partition coefficient (Wildman–Crippen LogP) is 29.4. The van der Waals surface area contributed by atoms with E-state index in [0.29, 0.717) is 214 Å². The third kappa shape index (κ3) is 23.9. The van der Waals surface area contributed by atoms with Crippen LogP contribution in [0.25, 0.3) is 89.7 Å². The van der Waals surface area contributed by atoms with Gasteiger partial charge in [0.05, 0.1) is 140 Å². The smallest absolute Gasteiger partial charge is 0.184 e. The Hall–Kier alpha value is -9.66. The summed E-state index contributed by atoms with van der Waals surface area (Å²) >= 11 is 6.69. The molecule has 0 saturated heterocycles. The first-order valence-corrected chi connectivity index (χ1v) is 58.9. The molecule has 150 heavy (non-hydrogen) atoms. The van der Waals surface area contributed by atoms with Gasteiger partial charge in [-0.3, -0.25) is 0 Å². The number of nitrogens with zero attached hydrogens (tertiary/aromatic N) is 16. The van der Waals surface area contributed by atoms with Crippen molar-refractivity contribution in [2.75, 3.05) is 177 Å². The zero-order valence-corrected chi connectivity index (χ0v) is 98.1. The summed E-state index contributed by atoms with van der Waals surface area (Å²) in [6.45, 7) is 68.3. The van der Waals surface area contributed by atoms with Crippen molar-refractivity contribution in [1.29, 1.82) is 0 Å². The number of likely N-dealkylation sites (N-methyl/N-ethyl adjacent to an activating group) is 4. The molecule has 30 heteroatoms. The molecule has 25 nitrogen and oxygen atoms in total. The second-order valence-corrected chi connectivity index (χ2v) is 47.5. The first kappa shape index (κ1) is 113. The maximum atomic E-state index is 15.4. The second kappa shape index (κ2) is 51.1. The van der Waals surface area contributed by atoms with Gasteiger partial charge in [0.1, 0.15) is 45.7 Å². The normalized spacial score (nSPS) is 13.4. The van der Waals surface area contributed by atoms with Gasteiger partial charge in [-0.05, 0) is 200 Å². The molecule has 8 bridgehead atoms. The Morgan fingerprint density at radius 1 is 0.273 bits per heavy atom. The summed E-state index contributed by atoms with van der Waals surface area (Å²) in [5.74, 6) is 7.06. The van der Waals surface area contributed by atoms with Gasteiger partial charge in [0.15, 0.2) is 45.9 Å². The van der Waals surface area contributed by atoms with Gasteiger partial charge in [0, 0.05) is 113 Å². The third-order valence-corrected chi connectivity index (χ3v) is 33.8. The fraction of sp³-hybridized carbons (Fsp3) is 0.533. The second-order valence-electron chi connectivity index (χ2n) is 43.3. The van der Waals surface area contributed by atoms with Crippen molar-refractivity contribution in [3.05, 3.63) is 97.1 Å². The minimum Gasteiger partial charge on any atom is -0.492 e. The van der Waals surface area contributed by atoms with Crippen LogP contribution < -0.4 is 62.5 Å². The Bertz CT molecular complexity index is 6740. The van der Waals surface area contributed by atoms with Gasteiger partial charge in [-0.25, -0.2) is 19.9 Å². The van der Waals surface area contributed by atoms with Crippen molar-refractivity contribution < 1.29 is 61.7 Å². The number of aromatic nitrogens is 8. The summed E-state index contributed by atoms with van der Waals surface area (Å²) in [4.78, 5) is 71.0. The molecule has 11 aromatic rings. The summed E-state index contributed by atoms with van der Waals surface area (Å²) in [6.07, 6.45) is 5.65. The Morgan fingerprint density at radius 3 is 0.767 bits per heavy atom. The number of rotatable bonds is 52. The van der Waals surface area contributed by atoms with Gasteiger partial charge >= 0.3 is 0 Å². The van der Waals surface area contributed by atoms with Gasteiger partial charge in [0.2, 0.25) is 0 Å². The van der Waals surface area contributed by atoms with Crippen molar-refractivity contribution in [2.24, 2.45) is 47.3 Å². The quantitative estimate of drug-likeness (QED) is 0.0351. The number of benzene rings is 8. The van der Waals surface area contributed by atoms with Gasteiger partial charge in [-0.2, -0.15) is 0 Å². The average Bonchev–Trinajstić information content (AvgIpc) is 1.51. The first-order valence-electron chi connectivity index (χ1n) is 55.7. The van der Waals surface area contributed by atoms with Crippen LogP contribution in [0.3, 0.4) is 0 Å². The molecule has 0 aliphatic carbocycles. The Balaban J connectivity index is 0.0000160. The maximum absolute atomic E-state index is 15.4. The molecule has 0 fully saturated rings. The molecular formula is C120H161N16O9S4V-. The van der Waals surface area contributed by atoms with Gasteiger partial charge in [-0.15, -0.1) is 4.73 Å². The van der Waals surface area contributed by atoms with E-state index in [1.54, 1.807) is 47.0 Å². The van der Waals surface area contributed by atoms with Crippen molar-refractivity contribution in [1.82, 2.24) is 59.2 Å². The SMILES string of the molecule is CCN(CC)CCN1c2ccccc2Sc2c(OCCC(C)C)c3c(c(OCCC(C)C)c21)-c1nc-3nc2c3c(OCCC(C)C)c4c(c(OCCC(C)C)c3c(nc3nc(nc5[n-]c(n1)c1c(OCCC(C)C)c6c(c(OCCC(C)C)c51)N(CCN(CC)CC)c1ccccc1S6)-c1c(OCCC(C)C)c5c(c(OCCC(C)C)c1-3)N(CCN(CC)CC)c1ccccc1S5)n2O)Sc1ccccc1N4CCN(CC)CC.[V]. The fourth-order valence-electron chi connectivity index (χ4n) is 20.1. The molecule has 6 aliphatic rings. The topological polar surface area (TPSA) is 216 Å². The monoisotopic (exact) mass is 2150 g/mol. The van der Waals surface area contributed by atoms with E-state index in [-0.39, 0.29) is 112 Å². The summed E-state index contributed by atoms with van der Waals surface area (Å²) in [7, 11) is 0.